The second kappa shape index (κ2) is 16.6. The van der Waals surface area contributed by atoms with Crippen LogP contribution in [0, 0.1) is 5.92 Å². The smallest absolute Gasteiger partial charge is 0.264 e. The van der Waals surface area contributed by atoms with E-state index >= 15 is 4.79 Å². The number of fused-ring (bicyclic) bond motifs is 3. The summed E-state index contributed by atoms with van der Waals surface area (Å²) in [6.07, 6.45) is 0.0598. The predicted molar refractivity (Wildman–Crippen MR) is 238 cm³/mol. The number of halogens is 1. The summed E-state index contributed by atoms with van der Waals surface area (Å²) in [5.74, 6) is 0.613. The number of anilines is 2. The highest BCUT2D eigenvalue weighted by Gasteiger charge is 2.66. The first-order chi connectivity index (χ1) is 28.9. The van der Waals surface area contributed by atoms with E-state index in [9.17, 15) is 14.7 Å². The average molecular weight is 889 g/mol. The van der Waals surface area contributed by atoms with Crippen LogP contribution in [0.2, 0.25) is 18.6 Å². The van der Waals surface area contributed by atoms with Gasteiger partial charge in [-0.2, -0.15) is 0 Å². The van der Waals surface area contributed by atoms with Crippen molar-refractivity contribution in [2.24, 2.45) is 5.92 Å². The maximum absolute atomic E-state index is 15.4. The molecule has 8 rings (SSSR count). The Morgan fingerprint density at radius 2 is 1.55 bits per heavy atom. The van der Waals surface area contributed by atoms with Gasteiger partial charge in [-0.05, 0) is 95.4 Å². The monoisotopic (exact) mass is 887 g/mol. The molecular weight excluding hydrogens is 839 g/mol. The van der Waals surface area contributed by atoms with E-state index in [2.05, 4.69) is 59.5 Å². The maximum atomic E-state index is 15.4. The second-order valence-electron chi connectivity index (χ2n) is 16.6. The van der Waals surface area contributed by atoms with Crippen molar-refractivity contribution in [1.82, 2.24) is 4.90 Å². The van der Waals surface area contributed by atoms with E-state index in [1.165, 1.54) is 5.19 Å². The second-order valence-corrected chi connectivity index (χ2v) is 22.2. The van der Waals surface area contributed by atoms with Gasteiger partial charge in [-0.1, -0.05) is 89.7 Å². The molecule has 2 N–H and O–H groups in total. The van der Waals surface area contributed by atoms with E-state index in [0.717, 1.165) is 38.2 Å². The number of ether oxygens (including phenoxy) is 3. The molecule has 0 radical (unpaired) electrons. The van der Waals surface area contributed by atoms with Crippen molar-refractivity contribution in [3.63, 3.8) is 0 Å². The number of hydrogen-bond donors (Lipinski definition) is 2. The van der Waals surface area contributed by atoms with Crippen molar-refractivity contribution >= 4 is 58.3 Å². The SMILES string of the molecule is COc1ccc(C(=O)Nc2ccc(CN3C(=O)[C@]4(O[C@H](CC(=O)N5Cc6ccccc6C[C@H]5CO)[C@@H]([Si](C)(C)c5ccc(OC)cc5)[C@@H]4C)c4cc(Br)ccc43)cc2)cc1. The summed E-state index contributed by atoms with van der Waals surface area (Å²) in [6.45, 7) is 7.26. The molecule has 12 heteroatoms. The molecule has 1 saturated heterocycles. The van der Waals surface area contributed by atoms with Gasteiger partial charge in [0, 0.05) is 33.7 Å². The molecule has 0 bridgehead atoms. The summed E-state index contributed by atoms with van der Waals surface area (Å²) in [7, 11) is 0.697. The molecule has 1 fully saturated rings. The lowest BCUT2D eigenvalue weighted by atomic mass is 9.82. The minimum atomic E-state index is -2.53. The molecular formula is C48H50BrN3O7Si. The molecule has 0 aromatic heterocycles. The topological polar surface area (TPSA) is 118 Å². The highest BCUT2D eigenvalue weighted by atomic mass is 79.9. The highest BCUT2D eigenvalue weighted by molar-refractivity contribution is 9.10. The molecule has 0 saturated carbocycles. The molecule has 5 atom stereocenters. The van der Waals surface area contributed by atoms with E-state index in [1.54, 1.807) is 48.3 Å². The predicted octanol–water partition coefficient (Wildman–Crippen LogP) is 7.82. The first kappa shape index (κ1) is 41.5. The summed E-state index contributed by atoms with van der Waals surface area (Å²) in [5, 5.41) is 14.6. The Morgan fingerprint density at radius 3 is 2.20 bits per heavy atom. The quantitative estimate of drug-likeness (QED) is 0.130. The number of hydrogen-bond acceptors (Lipinski definition) is 7. The Balaban J connectivity index is 1.11. The number of benzene rings is 5. The van der Waals surface area contributed by atoms with Crippen LogP contribution in [0.1, 0.15) is 46.0 Å². The van der Waals surface area contributed by atoms with Crippen molar-refractivity contribution in [2.75, 3.05) is 31.0 Å². The fourth-order valence-corrected chi connectivity index (χ4v) is 14.2. The molecule has 10 nitrogen and oxygen atoms in total. The summed E-state index contributed by atoms with van der Waals surface area (Å²) >= 11 is 3.70. The summed E-state index contributed by atoms with van der Waals surface area (Å²) in [6, 6.07) is 36.2. The van der Waals surface area contributed by atoms with Crippen LogP contribution in [-0.4, -0.2) is 68.8 Å². The normalized spacial score (nSPS) is 22.1. The number of nitrogens with one attached hydrogen (secondary N) is 1. The van der Waals surface area contributed by atoms with Gasteiger partial charge in [-0.15, -0.1) is 0 Å². The standard InChI is InChI=1S/C48H50BrN3O7Si/c1-30-45(60(4,5)40-21-19-39(58-3)20-22-40)43(26-44(54)51-28-34-9-7-6-8-33(34)24-37(51)29-53)59-48(30)41-25-35(49)14-23-42(41)52(47(48)56)27-31-10-15-36(16-11-31)50-46(55)32-12-17-38(57-2)18-13-32/h6-23,25,30,37,43,45,53H,24,26-29H2,1-5H3,(H,50,55)/t30-,37-,43+,45-,48+/m0/s1. The van der Waals surface area contributed by atoms with Gasteiger partial charge in [-0.25, -0.2) is 0 Å². The molecule has 60 heavy (non-hydrogen) atoms. The van der Waals surface area contributed by atoms with Crippen molar-refractivity contribution in [1.29, 1.82) is 0 Å². The van der Waals surface area contributed by atoms with E-state index in [-0.39, 0.29) is 54.8 Å². The lowest BCUT2D eigenvalue weighted by Gasteiger charge is -2.39. The Kier molecular flexibility index (Phi) is 11.5. The fraction of sp³-hybridized carbons (Fsp3) is 0.312. The number of rotatable bonds is 11. The van der Waals surface area contributed by atoms with Gasteiger partial charge in [0.1, 0.15) is 11.5 Å². The largest absolute Gasteiger partial charge is 0.497 e. The van der Waals surface area contributed by atoms with Crippen LogP contribution in [0.4, 0.5) is 11.4 Å². The van der Waals surface area contributed by atoms with Crippen LogP contribution in [0.5, 0.6) is 11.5 Å². The zero-order valence-electron chi connectivity index (χ0n) is 34.5. The first-order valence-corrected chi connectivity index (χ1v) is 24.2. The van der Waals surface area contributed by atoms with E-state index in [0.29, 0.717) is 30.0 Å². The zero-order chi connectivity index (χ0) is 42.3. The third-order valence-electron chi connectivity index (χ3n) is 13.0. The fourth-order valence-electron chi connectivity index (χ4n) is 9.80. The molecule has 5 aromatic carbocycles. The number of carbonyl (C=O) groups is 3. The average Bonchev–Trinajstić information content (AvgIpc) is 3.68. The number of nitrogens with zero attached hydrogens (tertiary/aromatic N) is 2. The third kappa shape index (κ3) is 7.44. The third-order valence-corrected chi connectivity index (χ3v) is 17.8. The van der Waals surface area contributed by atoms with Gasteiger partial charge in [0.05, 0.1) is 59.7 Å². The number of aliphatic hydroxyl groups excluding tert-OH is 1. The Morgan fingerprint density at radius 1 is 0.900 bits per heavy atom. The number of aliphatic hydroxyl groups is 1. The van der Waals surface area contributed by atoms with Crippen LogP contribution in [0.15, 0.2) is 120 Å². The van der Waals surface area contributed by atoms with Gasteiger partial charge in [0.2, 0.25) is 5.91 Å². The Hall–Kier alpha value is -5.27. The molecule has 1 spiro atoms. The Labute approximate surface area is 360 Å². The molecule has 3 heterocycles. The summed E-state index contributed by atoms with van der Waals surface area (Å²) in [5.41, 5.74) is 4.25. The van der Waals surface area contributed by atoms with Crippen molar-refractivity contribution in [3.8, 4) is 11.5 Å². The van der Waals surface area contributed by atoms with Crippen molar-refractivity contribution in [3.05, 3.63) is 148 Å². The number of amides is 3. The summed E-state index contributed by atoms with van der Waals surface area (Å²) < 4.78 is 18.8. The molecule has 3 aliphatic rings. The van der Waals surface area contributed by atoms with Gasteiger partial charge in [0.15, 0.2) is 5.60 Å². The van der Waals surface area contributed by atoms with Crippen LogP contribution in [-0.2, 0) is 39.4 Å². The lowest BCUT2D eigenvalue weighted by molar-refractivity contribution is -0.151. The molecule has 0 aliphatic carbocycles. The molecule has 3 aliphatic heterocycles. The lowest BCUT2D eigenvalue weighted by Crippen LogP contribution is -2.52. The van der Waals surface area contributed by atoms with Crippen LogP contribution < -0.4 is 24.9 Å². The maximum Gasteiger partial charge on any atom is 0.264 e. The minimum Gasteiger partial charge on any atom is -0.497 e. The zero-order valence-corrected chi connectivity index (χ0v) is 37.1. The van der Waals surface area contributed by atoms with Crippen LogP contribution >= 0.6 is 15.9 Å². The highest BCUT2D eigenvalue weighted by Crippen LogP contribution is 2.60. The van der Waals surface area contributed by atoms with Crippen LogP contribution in [0.25, 0.3) is 0 Å². The van der Waals surface area contributed by atoms with E-state index < -0.39 is 19.8 Å². The van der Waals surface area contributed by atoms with E-state index in [1.807, 2.05) is 72.8 Å². The number of carbonyl (C=O) groups excluding carboxylic acids is 3. The van der Waals surface area contributed by atoms with Crippen molar-refractivity contribution < 1.29 is 33.7 Å². The van der Waals surface area contributed by atoms with Crippen molar-refractivity contribution in [2.45, 2.75) is 69.2 Å². The Bertz CT molecular complexity index is 2410. The van der Waals surface area contributed by atoms with Gasteiger partial charge in [-0.3, -0.25) is 14.4 Å². The molecule has 5 aromatic rings. The first-order valence-electron chi connectivity index (χ1n) is 20.3. The van der Waals surface area contributed by atoms with Gasteiger partial charge in [0.25, 0.3) is 11.8 Å². The molecule has 0 unspecified atom stereocenters. The molecule has 310 valence electrons. The van der Waals surface area contributed by atoms with E-state index in [4.69, 9.17) is 14.2 Å². The minimum absolute atomic E-state index is 0.0718. The molecule has 3 amide bonds. The van der Waals surface area contributed by atoms with Gasteiger partial charge >= 0.3 is 0 Å². The van der Waals surface area contributed by atoms with Crippen LogP contribution in [0.3, 0.4) is 0 Å². The van der Waals surface area contributed by atoms with Gasteiger partial charge < -0.3 is 34.4 Å². The summed E-state index contributed by atoms with van der Waals surface area (Å²) in [4.78, 5) is 46.6. The number of methoxy groups -OCH3 is 2.